The predicted octanol–water partition coefficient (Wildman–Crippen LogP) is 4.60. The fraction of sp³-hybridized carbons (Fsp3) is 0.895. The first-order valence-corrected chi connectivity index (χ1v) is 18.3. The number of aliphatic hydroxyl groups is 4. The van der Waals surface area contributed by atoms with Crippen LogP contribution in [0.2, 0.25) is 0 Å². The number of carboxylic acids is 1. The Morgan fingerprint density at radius 3 is 2.23 bits per heavy atom. The lowest BCUT2D eigenvalue weighted by Crippen LogP contribution is -2.67. The minimum atomic E-state index is -1.55. The van der Waals surface area contributed by atoms with Crippen molar-refractivity contribution in [1.82, 2.24) is 0 Å². The van der Waals surface area contributed by atoms with E-state index >= 15 is 0 Å². The number of rotatable bonds is 6. The molecule has 0 aromatic heterocycles. The molecule has 0 bridgehead atoms. The molecule has 10 heteroatoms. The van der Waals surface area contributed by atoms with E-state index in [0.29, 0.717) is 18.8 Å². The van der Waals surface area contributed by atoms with Crippen molar-refractivity contribution in [3.8, 4) is 0 Å². The van der Waals surface area contributed by atoms with Crippen LogP contribution in [0.25, 0.3) is 0 Å². The predicted molar refractivity (Wildman–Crippen MR) is 176 cm³/mol. The summed E-state index contributed by atoms with van der Waals surface area (Å²) in [6.07, 6.45) is 3.46. The van der Waals surface area contributed by atoms with Crippen LogP contribution in [0.15, 0.2) is 11.6 Å². The van der Waals surface area contributed by atoms with Gasteiger partial charge in [0.2, 0.25) is 0 Å². The van der Waals surface area contributed by atoms with Crippen molar-refractivity contribution >= 4 is 11.9 Å². The van der Waals surface area contributed by atoms with Gasteiger partial charge in [0.05, 0.1) is 18.1 Å². The SMILES string of the molecule is CC(=O)OC[C@H]1O[C@@H](O[C@H]2CC[C@@]3(C)C(CC[C@]4(C)[C@@H]3CC=C3[C@H]5CC(C)(C)CC[C@]5(C(=O)O)CC[C@]34C)C2(C)CO)[C@H](O)[C@@H](O)[C@@H]1O. The fourth-order valence-corrected chi connectivity index (χ4v) is 12.4. The number of carbonyl (C=O) groups excluding carboxylic acids is 1. The number of esters is 1. The van der Waals surface area contributed by atoms with Crippen LogP contribution in [-0.4, -0.2) is 87.5 Å². The third kappa shape index (κ3) is 5.16. The molecule has 1 saturated heterocycles. The van der Waals surface area contributed by atoms with Gasteiger partial charge in [-0.2, -0.15) is 0 Å². The van der Waals surface area contributed by atoms with Crippen LogP contribution < -0.4 is 0 Å². The highest BCUT2D eigenvalue weighted by molar-refractivity contribution is 5.76. The molecule has 6 rings (SSSR count). The summed E-state index contributed by atoms with van der Waals surface area (Å²) in [5.74, 6) is -0.692. The minimum absolute atomic E-state index is 0.0362. The molecule has 0 aromatic rings. The molecular formula is C38H60O10. The van der Waals surface area contributed by atoms with Crippen molar-refractivity contribution in [2.45, 2.75) is 149 Å². The van der Waals surface area contributed by atoms with E-state index < -0.39 is 59.6 Å². The molecule has 0 aromatic carbocycles. The molecule has 4 saturated carbocycles. The van der Waals surface area contributed by atoms with Crippen LogP contribution >= 0.6 is 0 Å². The van der Waals surface area contributed by atoms with Crippen molar-refractivity contribution < 1.29 is 49.3 Å². The molecule has 6 aliphatic rings. The second kappa shape index (κ2) is 12.0. The molecule has 272 valence electrons. The Bertz CT molecular complexity index is 1310. The summed E-state index contributed by atoms with van der Waals surface area (Å²) < 4.78 is 17.4. The highest BCUT2D eigenvalue weighted by Crippen LogP contribution is 2.76. The monoisotopic (exact) mass is 676 g/mol. The van der Waals surface area contributed by atoms with Crippen molar-refractivity contribution in [1.29, 1.82) is 0 Å². The molecule has 5 N–H and O–H groups in total. The maximum absolute atomic E-state index is 13.0. The molecule has 48 heavy (non-hydrogen) atoms. The van der Waals surface area contributed by atoms with Gasteiger partial charge >= 0.3 is 11.9 Å². The maximum atomic E-state index is 13.0. The van der Waals surface area contributed by atoms with Crippen LogP contribution in [0.5, 0.6) is 0 Å². The van der Waals surface area contributed by atoms with Crippen molar-refractivity contribution in [2.24, 2.45) is 50.2 Å². The first-order valence-electron chi connectivity index (χ1n) is 18.3. The minimum Gasteiger partial charge on any atom is -0.481 e. The third-order valence-electron chi connectivity index (χ3n) is 15.6. The van der Waals surface area contributed by atoms with E-state index in [2.05, 4.69) is 47.6 Å². The van der Waals surface area contributed by atoms with Crippen molar-refractivity contribution in [3.63, 3.8) is 0 Å². The lowest BCUT2D eigenvalue weighted by molar-refractivity contribution is -0.333. The lowest BCUT2D eigenvalue weighted by Gasteiger charge is -2.71. The number of aliphatic hydroxyl groups excluding tert-OH is 4. The molecule has 0 radical (unpaired) electrons. The Morgan fingerprint density at radius 2 is 1.58 bits per heavy atom. The number of allylic oxidation sites excluding steroid dienone is 2. The van der Waals surface area contributed by atoms with Gasteiger partial charge in [0.25, 0.3) is 0 Å². The number of carbonyl (C=O) groups is 2. The number of ether oxygens (including phenoxy) is 3. The number of fused-ring (bicyclic) bond motifs is 7. The molecule has 0 amide bonds. The summed E-state index contributed by atoms with van der Waals surface area (Å²) in [6, 6.07) is 0. The van der Waals surface area contributed by atoms with Gasteiger partial charge in [0.15, 0.2) is 6.29 Å². The fourth-order valence-electron chi connectivity index (χ4n) is 12.4. The van der Waals surface area contributed by atoms with Crippen LogP contribution in [0.1, 0.15) is 113 Å². The molecule has 0 spiro atoms. The average molecular weight is 677 g/mol. The molecule has 1 aliphatic heterocycles. The number of hydrogen-bond acceptors (Lipinski definition) is 9. The molecular weight excluding hydrogens is 616 g/mol. The first kappa shape index (κ1) is 36.2. The molecule has 1 heterocycles. The van der Waals surface area contributed by atoms with Crippen molar-refractivity contribution in [3.05, 3.63) is 11.6 Å². The first-order chi connectivity index (χ1) is 22.3. The van der Waals surface area contributed by atoms with Crippen LogP contribution in [0, 0.1) is 50.2 Å². The zero-order chi connectivity index (χ0) is 35.2. The second-order valence-corrected chi connectivity index (χ2v) is 18.3. The smallest absolute Gasteiger partial charge is 0.310 e. The Labute approximate surface area is 285 Å². The van der Waals surface area contributed by atoms with Crippen LogP contribution in [-0.2, 0) is 23.8 Å². The zero-order valence-electron chi connectivity index (χ0n) is 30.0. The number of carboxylic acid groups (broad SMARTS) is 1. The summed E-state index contributed by atoms with van der Waals surface area (Å²) in [6.45, 7) is 14.8. The Morgan fingerprint density at radius 1 is 0.896 bits per heavy atom. The third-order valence-corrected chi connectivity index (χ3v) is 15.6. The summed E-state index contributed by atoms with van der Waals surface area (Å²) in [4.78, 5) is 24.4. The standard InChI is InChI=1S/C38H60O10/c1-21(40)46-19-24-28(41)29(42)30(43)31(47-24)48-27-11-12-34(4)25(35(27,5)20-39)10-13-37(7)26(34)9-8-22-23-18-33(2,3)14-16-38(23,32(44)45)17-15-36(22,37)6/h8,23-31,39,41-43H,9-20H2,1-7H3,(H,44,45)/t23-,24-,25?,26-,27+,28-,29+,30-,31+,34+,35?,36-,37-,38+/m1/s1. The summed E-state index contributed by atoms with van der Waals surface area (Å²) in [5.41, 5.74) is -0.129. The highest BCUT2D eigenvalue weighted by atomic mass is 16.7. The van der Waals surface area contributed by atoms with Gasteiger partial charge < -0.3 is 39.7 Å². The van der Waals surface area contributed by atoms with Gasteiger partial charge in [0, 0.05) is 12.3 Å². The van der Waals surface area contributed by atoms with E-state index in [-0.39, 0.29) is 46.7 Å². The number of hydrogen-bond donors (Lipinski definition) is 5. The van der Waals surface area contributed by atoms with Gasteiger partial charge in [-0.1, -0.05) is 53.2 Å². The van der Waals surface area contributed by atoms with Crippen LogP contribution in [0.3, 0.4) is 0 Å². The molecule has 5 aliphatic carbocycles. The van der Waals surface area contributed by atoms with E-state index in [1.807, 2.05) is 0 Å². The average Bonchev–Trinajstić information content (AvgIpc) is 3.01. The Balaban J connectivity index is 1.28. The van der Waals surface area contributed by atoms with Crippen molar-refractivity contribution in [2.75, 3.05) is 13.2 Å². The molecule has 14 atom stereocenters. The van der Waals surface area contributed by atoms with E-state index in [0.717, 1.165) is 51.4 Å². The maximum Gasteiger partial charge on any atom is 0.310 e. The van der Waals surface area contributed by atoms with Gasteiger partial charge in [-0.3, -0.25) is 9.59 Å². The second-order valence-electron chi connectivity index (χ2n) is 18.3. The van der Waals surface area contributed by atoms with Gasteiger partial charge in [-0.05, 0) is 104 Å². The largest absolute Gasteiger partial charge is 0.481 e. The molecule has 2 unspecified atom stereocenters. The summed E-state index contributed by atoms with van der Waals surface area (Å²) in [5, 5.41) is 53.8. The van der Waals surface area contributed by atoms with E-state index in [4.69, 9.17) is 14.2 Å². The van der Waals surface area contributed by atoms with Crippen LogP contribution in [0.4, 0.5) is 0 Å². The van der Waals surface area contributed by atoms with Gasteiger partial charge in [-0.15, -0.1) is 0 Å². The van der Waals surface area contributed by atoms with Gasteiger partial charge in [-0.25, -0.2) is 0 Å². The summed E-state index contributed by atoms with van der Waals surface area (Å²) >= 11 is 0. The molecule has 10 nitrogen and oxygen atoms in total. The Kier molecular flexibility index (Phi) is 9.07. The van der Waals surface area contributed by atoms with E-state index in [1.165, 1.54) is 12.5 Å². The summed E-state index contributed by atoms with van der Waals surface area (Å²) in [7, 11) is 0. The number of aliphatic carboxylic acids is 1. The van der Waals surface area contributed by atoms with E-state index in [9.17, 15) is 35.1 Å². The zero-order valence-corrected chi connectivity index (χ0v) is 30.0. The lowest BCUT2D eigenvalue weighted by atomic mass is 9.33. The Hall–Kier alpha value is -1.56. The highest BCUT2D eigenvalue weighted by Gasteiger charge is 2.70. The molecule has 5 fully saturated rings. The van der Waals surface area contributed by atoms with Gasteiger partial charge in [0.1, 0.15) is 31.0 Å². The van der Waals surface area contributed by atoms with E-state index in [1.54, 1.807) is 0 Å². The normalized spacial score (nSPS) is 51.3. The quantitative estimate of drug-likeness (QED) is 0.153. The topological polar surface area (TPSA) is 163 Å².